The minimum Gasteiger partial charge on any atom is -0.361 e. The maximum absolute atomic E-state index is 3.13. The van der Waals surface area contributed by atoms with Crippen LogP contribution in [-0.2, 0) is 0 Å². The number of rotatable bonds is 0. The second-order valence-corrected chi connectivity index (χ2v) is 1.99. The minimum atomic E-state index is 1.10. The van der Waals surface area contributed by atoms with Gasteiger partial charge in [0.15, 0.2) is 0 Å². The Morgan fingerprint density at radius 3 is 3.25 bits per heavy atom. The smallest absolute Gasteiger partial charge is 0.0413 e. The van der Waals surface area contributed by atoms with Crippen molar-refractivity contribution >= 4 is 12.2 Å². The van der Waals surface area contributed by atoms with E-state index in [4.69, 9.17) is 0 Å². The molecule has 1 aliphatic carbocycles. The summed E-state index contributed by atoms with van der Waals surface area (Å²) in [5.74, 6) is 0. The summed E-state index contributed by atoms with van der Waals surface area (Å²) in [6, 6.07) is 2.10. The molecule has 0 saturated heterocycles. The SMILES string of the molecule is C1=c2cc[nH]c2=CC1. The predicted octanol–water partition coefficient (Wildman–Crippen LogP) is -0.0206. The van der Waals surface area contributed by atoms with Gasteiger partial charge >= 0.3 is 0 Å². The largest absolute Gasteiger partial charge is 0.361 e. The Balaban J connectivity index is 3.08. The zero-order valence-corrected chi connectivity index (χ0v) is 4.52. The lowest BCUT2D eigenvalue weighted by Crippen LogP contribution is -2.17. The molecule has 1 aromatic rings. The molecule has 0 unspecified atom stereocenters. The third kappa shape index (κ3) is 0.360. The summed E-state index contributed by atoms with van der Waals surface area (Å²) in [5.41, 5.74) is 0. The van der Waals surface area contributed by atoms with Gasteiger partial charge in [0.25, 0.3) is 0 Å². The molecular weight excluding hydrogens is 98.1 g/mol. The third-order valence-corrected chi connectivity index (χ3v) is 1.47. The van der Waals surface area contributed by atoms with Crippen LogP contribution < -0.4 is 10.6 Å². The Morgan fingerprint density at radius 2 is 2.38 bits per heavy atom. The van der Waals surface area contributed by atoms with Crippen molar-refractivity contribution in [2.24, 2.45) is 0 Å². The van der Waals surface area contributed by atoms with Gasteiger partial charge in [-0.2, -0.15) is 0 Å². The molecule has 1 heteroatoms. The zero-order valence-electron chi connectivity index (χ0n) is 4.52. The molecule has 1 aliphatic rings. The molecule has 2 rings (SSSR count). The van der Waals surface area contributed by atoms with E-state index in [9.17, 15) is 0 Å². The van der Waals surface area contributed by atoms with Crippen LogP contribution in [0.2, 0.25) is 0 Å². The normalized spacial score (nSPS) is 14.5. The van der Waals surface area contributed by atoms with E-state index >= 15 is 0 Å². The maximum Gasteiger partial charge on any atom is 0.0413 e. The molecule has 1 N–H and O–H groups in total. The van der Waals surface area contributed by atoms with E-state index in [1.54, 1.807) is 0 Å². The van der Waals surface area contributed by atoms with Crippen molar-refractivity contribution in [2.45, 2.75) is 6.42 Å². The first-order chi connectivity index (χ1) is 3.97. The maximum atomic E-state index is 3.13. The van der Waals surface area contributed by atoms with Gasteiger partial charge in [-0.3, -0.25) is 0 Å². The number of aromatic amines is 1. The van der Waals surface area contributed by atoms with Crippen molar-refractivity contribution in [3.8, 4) is 0 Å². The number of hydrogen-bond acceptors (Lipinski definition) is 0. The van der Waals surface area contributed by atoms with E-state index in [2.05, 4.69) is 23.2 Å². The molecule has 40 valence electrons. The van der Waals surface area contributed by atoms with Crippen molar-refractivity contribution in [3.05, 3.63) is 22.8 Å². The Hall–Kier alpha value is -0.980. The average Bonchev–Trinajstić information content (AvgIpc) is 2.15. The van der Waals surface area contributed by atoms with Crippen LogP contribution in [0.1, 0.15) is 6.42 Å². The summed E-state index contributed by atoms with van der Waals surface area (Å²) in [5, 5.41) is 2.63. The van der Waals surface area contributed by atoms with Gasteiger partial charge in [-0.15, -0.1) is 0 Å². The fourth-order valence-electron chi connectivity index (χ4n) is 1.05. The van der Waals surface area contributed by atoms with Crippen LogP contribution in [0.4, 0.5) is 0 Å². The minimum absolute atomic E-state index is 1.10. The molecule has 8 heavy (non-hydrogen) atoms. The first-order valence-electron chi connectivity index (χ1n) is 2.80. The molecule has 0 bridgehead atoms. The number of hydrogen-bond donors (Lipinski definition) is 1. The summed E-state index contributed by atoms with van der Waals surface area (Å²) in [4.78, 5) is 3.13. The van der Waals surface area contributed by atoms with Crippen molar-refractivity contribution in [2.75, 3.05) is 0 Å². The molecule has 0 spiro atoms. The van der Waals surface area contributed by atoms with Crippen LogP contribution in [0.25, 0.3) is 12.2 Å². The highest BCUT2D eigenvalue weighted by Crippen LogP contribution is 1.85. The van der Waals surface area contributed by atoms with Crippen LogP contribution in [0.5, 0.6) is 0 Å². The van der Waals surface area contributed by atoms with Gasteiger partial charge in [0.05, 0.1) is 0 Å². The highest BCUT2D eigenvalue weighted by Gasteiger charge is 1.89. The second-order valence-electron chi connectivity index (χ2n) is 1.99. The van der Waals surface area contributed by atoms with Gasteiger partial charge in [0.2, 0.25) is 0 Å². The number of H-pyrrole nitrogens is 1. The number of aromatic nitrogens is 1. The van der Waals surface area contributed by atoms with E-state index in [1.165, 1.54) is 10.6 Å². The van der Waals surface area contributed by atoms with Crippen molar-refractivity contribution < 1.29 is 0 Å². The number of nitrogens with one attached hydrogen (secondary N) is 1. The van der Waals surface area contributed by atoms with E-state index < -0.39 is 0 Å². The summed E-state index contributed by atoms with van der Waals surface area (Å²) in [6.45, 7) is 0. The van der Waals surface area contributed by atoms with E-state index in [0.717, 1.165) is 6.42 Å². The third-order valence-electron chi connectivity index (χ3n) is 1.47. The molecule has 1 heterocycles. The number of fused-ring (bicyclic) bond motifs is 1. The van der Waals surface area contributed by atoms with E-state index in [0.29, 0.717) is 0 Å². The quantitative estimate of drug-likeness (QED) is 0.477. The average molecular weight is 105 g/mol. The lowest BCUT2D eigenvalue weighted by Gasteiger charge is -1.66. The molecular formula is C7H7N. The summed E-state index contributed by atoms with van der Waals surface area (Å²) in [6.07, 6.45) is 7.47. The lowest BCUT2D eigenvalue weighted by atomic mass is 10.4. The molecule has 0 atom stereocenters. The summed E-state index contributed by atoms with van der Waals surface area (Å²) in [7, 11) is 0. The van der Waals surface area contributed by atoms with Crippen LogP contribution in [0.3, 0.4) is 0 Å². The molecule has 1 aromatic heterocycles. The highest BCUT2D eigenvalue weighted by molar-refractivity contribution is 5.44. The van der Waals surface area contributed by atoms with Gasteiger partial charge in [-0.1, -0.05) is 12.2 Å². The summed E-state index contributed by atoms with van der Waals surface area (Å²) < 4.78 is 0. The topological polar surface area (TPSA) is 15.8 Å². The molecule has 0 amide bonds. The first-order valence-corrected chi connectivity index (χ1v) is 2.80. The van der Waals surface area contributed by atoms with Crippen LogP contribution in [-0.4, -0.2) is 4.98 Å². The Kier molecular flexibility index (Phi) is 0.618. The van der Waals surface area contributed by atoms with Gasteiger partial charge in [-0.05, 0) is 17.7 Å². The van der Waals surface area contributed by atoms with Crippen molar-refractivity contribution in [1.82, 2.24) is 4.98 Å². The molecule has 0 radical (unpaired) electrons. The van der Waals surface area contributed by atoms with Crippen molar-refractivity contribution in [1.29, 1.82) is 0 Å². The monoisotopic (exact) mass is 105 g/mol. The standard InChI is InChI=1S/C7H7N/c1-2-6-4-5-8-7(6)3-1/h2-5,8H,1H2. The van der Waals surface area contributed by atoms with Crippen LogP contribution >= 0.6 is 0 Å². The Bertz CT molecular complexity index is 264. The molecule has 0 aromatic carbocycles. The summed E-state index contributed by atoms with van der Waals surface area (Å²) >= 11 is 0. The highest BCUT2D eigenvalue weighted by atomic mass is 14.6. The van der Waals surface area contributed by atoms with Gasteiger partial charge in [0.1, 0.15) is 0 Å². The van der Waals surface area contributed by atoms with Crippen LogP contribution in [0, 0.1) is 0 Å². The zero-order chi connectivity index (χ0) is 5.40. The van der Waals surface area contributed by atoms with Gasteiger partial charge in [-0.25, -0.2) is 0 Å². The van der Waals surface area contributed by atoms with Gasteiger partial charge < -0.3 is 4.98 Å². The van der Waals surface area contributed by atoms with Gasteiger partial charge in [0, 0.05) is 11.5 Å². The molecule has 0 fully saturated rings. The van der Waals surface area contributed by atoms with Crippen LogP contribution in [0.15, 0.2) is 12.3 Å². The molecule has 1 nitrogen and oxygen atoms in total. The van der Waals surface area contributed by atoms with E-state index in [-0.39, 0.29) is 0 Å². The first kappa shape index (κ1) is 3.96. The fourth-order valence-corrected chi connectivity index (χ4v) is 1.05. The fraction of sp³-hybridized carbons (Fsp3) is 0.143. The predicted molar refractivity (Wildman–Crippen MR) is 33.6 cm³/mol. The molecule has 0 saturated carbocycles. The van der Waals surface area contributed by atoms with E-state index in [1.807, 2.05) is 6.20 Å². The lowest BCUT2D eigenvalue weighted by molar-refractivity contribution is 1.32. The Morgan fingerprint density at radius 1 is 1.38 bits per heavy atom. The molecule has 0 aliphatic heterocycles. The van der Waals surface area contributed by atoms with Crippen molar-refractivity contribution in [3.63, 3.8) is 0 Å². The Labute approximate surface area is 47.4 Å². The second kappa shape index (κ2) is 1.25.